The third-order valence-electron chi connectivity index (χ3n) is 2.40. The number of alkyl halides is 2. The van der Waals surface area contributed by atoms with Crippen LogP contribution < -0.4 is 9.47 Å². The summed E-state index contributed by atoms with van der Waals surface area (Å²) in [4.78, 5) is 0. The minimum Gasteiger partial charge on any atom is -0.493 e. The molecule has 0 heterocycles. The highest BCUT2D eigenvalue weighted by Gasteiger charge is 2.11. The maximum Gasteiger partial charge on any atom is 0.124 e. The van der Waals surface area contributed by atoms with Crippen LogP contribution in [0.25, 0.3) is 0 Å². The smallest absolute Gasteiger partial charge is 0.124 e. The molecule has 4 heteroatoms. The summed E-state index contributed by atoms with van der Waals surface area (Å²) in [6.07, 6.45) is -53.3. The molecule has 0 aliphatic carbocycles. The number of benzene rings is 1. The van der Waals surface area contributed by atoms with Crippen LogP contribution in [0.2, 0.25) is 0 Å². The van der Waals surface area contributed by atoms with Crippen molar-refractivity contribution in [3.63, 3.8) is 0 Å². The van der Waals surface area contributed by atoms with Gasteiger partial charge in [-0.2, -0.15) is 0 Å². The maximum atomic E-state index is 8.63. The van der Waals surface area contributed by atoms with Gasteiger partial charge in [-0.05, 0) is 24.8 Å². The van der Waals surface area contributed by atoms with Crippen molar-refractivity contribution in [2.75, 3.05) is 13.1 Å². The second-order valence-electron chi connectivity index (χ2n) is 4.09. The van der Waals surface area contributed by atoms with Gasteiger partial charge in [-0.25, -0.2) is 0 Å². The second kappa shape index (κ2) is 17.3. The van der Waals surface area contributed by atoms with Gasteiger partial charge in [0.1, 0.15) is 11.5 Å². The van der Waals surface area contributed by atoms with Crippen molar-refractivity contribution in [2.24, 2.45) is 0 Å². The minimum absolute atomic E-state index is 1.04. The van der Waals surface area contributed by atoms with E-state index in [2.05, 4.69) is 0 Å². The number of halogens is 2. The lowest BCUT2D eigenvalue weighted by molar-refractivity contribution is 0.292. The number of ether oxygens (including phenoxy) is 2. The zero-order valence-electron chi connectivity index (χ0n) is 48.2. The van der Waals surface area contributed by atoms with E-state index in [1.807, 2.05) is 0 Å². The summed E-state index contributed by atoms with van der Waals surface area (Å²) in [5, 5.41) is 0. The van der Waals surface area contributed by atoms with Crippen molar-refractivity contribution in [1.29, 1.82) is 0 Å². The summed E-state index contributed by atoms with van der Waals surface area (Å²) < 4.78 is 284. The van der Waals surface area contributed by atoms with E-state index < -0.39 is 150 Å². The maximum absolute atomic E-state index is 8.63. The van der Waals surface area contributed by atoms with E-state index in [1.54, 1.807) is 0 Å². The monoisotopic (exact) mass is 464 g/mol. The van der Waals surface area contributed by atoms with Gasteiger partial charge in [-0.1, -0.05) is 77.5 Å². The molecule has 0 fully saturated rings. The standard InChI is InChI=1S/C24H40Cl2O2/c1-3-5-7-9-11-13-15-27-23-17-22(20-26)24(18-21(23)19-25)28-16-14-12-10-8-6-4-2/h17-18H,3-16,19-20H2,1-2H3/i1D,2D3,3D2,4D2,5D2,6D2,7D2,8D2,9D2,10D2,11D2,12D2,13D2,14D2,15D2,16D2,17D,18D. The summed E-state index contributed by atoms with van der Waals surface area (Å²) >= 11 is 11.8. The molecule has 0 N–H and O–H groups in total. The van der Waals surface area contributed by atoms with Crippen LogP contribution in [0.15, 0.2) is 12.1 Å². The molecule has 0 aromatic heterocycles. The SMILES string of the molecule is [2H]CC([2H])([2H])C([2H])([2H])C([2H])([2H])C([2H])([2H])C([2H])([2H])C([2H])([2H])C([2H])([2H])Oc1c([2H])c(CCl)c(OC([2H])([2H])C([2H])([2H])C([2H])([2H])C([2H])([2H])C([2H])([2H])C([2H])([2H])C([2H])([2H])C([2H])([2H])[2H])c([2H])c1CCl. The fourth-order valence-corrected chi connectivity index (χ4v) is 1.74. The molecule has 0 saturated carbocycles. The molecule has 0 unspecified atom stereocenters. The quantitative estimate of drug-likeness (QED) is 0.202. The molecule has 1 aromatic rings. The van der Waals surface area contributed by atoms with Gasteiger partial charge in [0.25, 0.3) is 0 Å². The Morgan fingerprint density at radius 1 is 0.750 bits per heavy atom. The summed E-state index contributed by atoms with van der Waals surface area (Å²) in [6, 6.07) is -2.72. The lowest BCUT2D eigenvalue weighted by Gasteiger charge is -2.16. The van der Waals surface area contributed by atoms with Gasteiger partial charge in [-0.3, -0.25) is 0 Å². The fraction of sp³-hybridized carbons (Fsp3) is 0.750. The van der Waals surface area contributed by atoms with Crippen LogP contribution in [0.5, 0.6) is 11.5 Å². The Bertz CT molecular complexity index is 1800. The third kappa shape index (κ3) is 10.8. The van der Waals surface area contributed by atoms with E-state index in [0.29, 0.717) is 0 Å². The first kappa shape index (κ1) is 5.07. The Labute approximate surface area is 231 Å². The lowest BCUT2D eigenvalue weighted by Crippen LogP contribution is -2.04. The molecule has 1 rings (SSSR count). The zero-order chi connectivity index (χ0) is 50.5. The average molecular weight is 466 g/mol. The first-order chi connectivity index (χ1) is 26.7. The summed E-state index contributed by atoms with van der Waals surface area (Å²) in [7, 11) is 0. The van der Waals surface area contributed by atoms with Gasteiger partial charge >= 0.3 is 0 Å². The zero-order valence-corrected chi connectivity index (χ0v) is 15.7. The van der Waals surface area contributed by atoms with E-state index in [9.17, 15) is 0 Å². The van der Waals surface area contributed by atoms with Crippen LogP contribution in [-0.4, -0.2) is 13.1 Å². The Kier molecular flexibility index (Phi) is 3.13. The number of hydrogen-bond donors (Lipinski definition) is 0. The molecule has 162 valence electrons. The van der Waals surface area contributed by atoms with E-state index in [1.165, 1.54) is 0 Å². The fourth-order valence-electron chi connectivity index (χ4n) is 1.37. The van der Waals surface area contributed by atoms with Crippen LogP contribution in [-0.2, 0) is 11.8 Å². The highest BCUT2D eigenvalue weighted by atomic mass is 35.5. The molecule has 0 aliphatic rings. The first-order valence-corrected chi connectivity index (χ1v) is 8.23. The molecule has 0 saturated heterocycles. The van der Waals surface area contributed by atoms with Gasteiger partial charge in [-0.15, -0.1) is 23.2 Å². The van der Waals surface area contributed by atoms with Crippen LogP contribution in [0.4, 0.5) is 0 Å². The van der Waals surface area contributed by atoms with Crippen molar-refractivity contribution in [1.82, 2.24) is 0 Å². The first-order valence-electron chi connectivity index (χ1n) is 24.4. The van der Waals surface area contributed by atoms with E-state index in [4.69, 9.17) is 79.3 Å². The third-order valence-corrected chi connectivity index (χ3v) is 2.94. The highest BCUT2D eigenvalue weighted by Crippen LogP contribution is 2.32. The largest absolute Gasteiger partial charge is 0.493 e. The van der Waals surface area contributed by atoms with Crippen molar-refractivity contribution >= 4 is 23.2 Å². The van der Waals surface area contributed by atoms with Crippen molar-refractivity contribution in [2.45, 2.75) is 102 Å². The van der Waals surface area contributed by atoms with Crippen LogP contribution in [0, 0.1) is 0 Å². The van der Waals surface area contributed by atoms with Crippen LogP contribution >= 0.6 is 23.2 Å². The van der Waals surface area contributed by atoms with Crippen molar-refractivity contribution < 1.29 is 56.1 Å². The lowest BCUT2D eigenvalue weighted by atomic mass is 10.1. The summed E-state index contributed by atoms with van der Waals surface area (Å²) in [5.74, 6) is -5.07. The van der Waals surface area contributed by atoms with Crippen molar-refractivity contribution in [3.8, 4) is 11.5 Å². The number of rotatable bonds is 18. The Morgan fingerprint density at radius 2 is 1.21 bits per heavy atom. The summed E-state index contributed by atoms with van der Waals surface area (Å²) in [6.45, 7) is -14.4. The molecule has 0 atom stereocenters. The molecular weight excluding hydrogens is 391 g/mol. The molecular formula is C24H40Cl2O2. The average Bonchev–Trinajstić information content (AvgIpc) is 3.08. The summed E-state index contributed by atoms with van der Waals surface area (Å²) in [5.41, 5.74) is -2.08. The van der Waals surface area contributed by atoms with Gasteiger partial charge < -0.3 is 9.47 Å². The van der Waals surface area contributed by atoms with E-state index in [-0.39, 0.29) is 0 Å². The number of hydrogen-bond acceptors (Lipinski definition) is 2. The van der Waals surface area contributed by atoms with E-state index in [0.717, 1.165) is 0 Å². The van der Waals surface area contributed by atoms with Gasteiger partial charge in [0.05, 0.1) is 33.1 Å². The van der Waals surface area contributed by atoms with Gasteiger partial charge in [0.15, 0.2) is 0 Å². The molecule has 0 radical (unpaired) electrons. The molecule has 2 nitrogen and oxygen atoms in total. The predicted octanol–water partition coefficient (Wildman–Crippen LogP) is 8.64. The normalized spacial score (nSPS) is 36.5. The Balaban J connectivity index is 4.07. The molecule has 0 amide bonds. The molecule has 0 aliphatic heterocycles. The van der Waals surface area contributed by atoms with Gasteiger partial charge in [0, 0.05) is 49.5 Å². The van der Waals surface area contributed by atoms with Crippen molar-refractivity contribution in [3.05, 3.63) is 23.2 Å². The molecule has 28 heavy (non-hydrogen) atoms. The molecule has 0 spiro atoms. The van der Waals surface area contributed by atoms with E-state index >= 15 is 0 Å². The minimum atomic E-state index is -4.73. The van der Waals surface area contributed by atoms with Gasteiger partial charge in [0.2, 0.25) is 0 Å². The predicted molar refractivity (Wildman–Crippen MR) is 123 cm³/mol. The topological polar surface area (TPSA) is 18.5 Å². The van der Waals surface area contributed by atoms with Crippen LogP contribution in [0.3, 0.4) is 0 Å². The Morgan fingerprint density at radius 3 is 1.68 bits per heavy atom. The highest BCUT2D eigenvalue weighted by molar-refractivity contribution is 6.18. The molecule has 1 aromatic carbocycles. The molecule has 0 bridgehead atoms. The van der Waals surface area contributed by atoms with Crippen LogP contribution in [0.1, 0.15) is 148 Å². The second-order valence-corrected chi connectivity index (χ2v) is 4.63. The Hall–Kier alpha value is -0.600.